The van der Waals surface area contributed by atoms with Crippen molar-refractivity contribution in [3.63, 3.8) is 0 Å². The Balaban J connectivity index is 1.82. The van der Waals surface area contributed by atoms with Gasteiger partial charge in [-0.3, -0.25) is 9.69 Å². The van der Waals surface area contributed by atoms with E-state index in [9.17, 15) is 4.79 Å². The first kappa shape index (κ1) is 14.1. The maximum absolute atomic E-state index is 12.1. The second-order valence-electron chi connectivity index (χ2n) is 5.53. The Kier molecular flexibility index (Phi) is 4.97. The van der Waals surface area contributed by atoms with Crippen LogP contribution in [0.4, 0.5) is 0 Å². The number of piperidine rings is 1. The highest BCUT2D eigenvalue weighted by atomic mass is 16.1. The first-order valence-electron chi connectivity index (χ1n) is 7.26. The summed E-state index contributed by atoms with van der Waals surface area (Å²) in [5, 5.41) is 3.04. The zero-order valence-corrected chi connectivity index (χ0v) is 12.0. The Morgan fingerprint density at radius 3 is 2.74 bits per heavy atom. The summed E-state index contributed by atoms with van der Waals surface area (Å²) in [5.74, 6) is 0.0348. The van der Waals surface area contributed by atoms with Crippen molar-refractivity contribution < 1.29 is 4.79 Å². The van der Waals surface area contributed by atoms with Gasteiger partial charge in [0.15, 0.2) is 0 Å². The van der Waals surface area contributed by atoms with Gasteiger partial charge in [-0.1, -0.05) is 24.1 Å². The van der Waals surface area contributed by atoms with Gasteiger partial charge in [-0.15, -0.1) is 0 Å². The van der Waals surface area contributed by atoms with Crippen molar-refractivity contribution in [2.24, 2.45) is 0 Å². The summed E-state index contributed by atoms with van der Waals surface area (Å²) < 4.78 is 0. The average Bonchev–Trinajstić information content (AvgIpc) is 2.45. The minimum absolute atomic E-state index is 0.0348. The van der Waals surface area contributed by atoms with Crippen LogP contribution < -0.4 is 5.32 Å². The third-order valence-corrected chi connectivity index (χ3v) is 3.85. The van der Waals surface area contributed by atoms with E-state index in [0.717, 1.165) is 17.7 Å². The van der Waals surface area contributed by atoms with Crippen LogP contribution in [0, 0.1) is 6.92 Å². The molecule has 1 atom stereocenters. The monoisotopic (exact) mass is 260 g/mol. The molecule has 1 N–H and O–H groups in total. The normalized spacial score (nSPS) is 18.0. The van der Waals surface area contributed by atoms with Gasteiger partial charge in [0, 0.05) is 18.2 Å². The molecule has 0 aliphatic carbocycles. The number of aryl methyl sites for hydroxylation is 1. The van der Waals surface area contributed by atoms with Crippen LogP contribution in [0.5, 0.6) is 0 Å². The van der Waals surface area contributed by atoms with Gasteiger partial charge in [-0.2, -0.15) is 0 Å². The zero-order chi connectivity index (χ0) is 13.7. The lowest BCUT2D eigenvalue weighted by Crippen LogP contribution is -2.44. The number of hydrogen-bond acceptors (Lipinski definition) is 2. The molecule has 0 aromatic heterocycles. The number of carbonyl (C=O) groups is 1. The molecule has 19 heavy (non-hydrogen) atoms. The van der Waals surface area contributed by atoms with Crippen molar-refractivity contribution in [2.45, 2.75) is 39.2 Å². The number of carbonyl (C=O) groups excluding carboxylic acids is 1. The lowest BCUT2D eigenvalue weighted by atomic mass is 10.1. The Morgan fingerprint density at radius 1 is 1.32 bits per heavy atom. The fraction of sp³-hybridized carbons (Fsp3) is 0.562. The molecule has 1 aliphatic heterocycles. The summed E-state index contributed by atoms with van der Waals surface area (Å²) in [5.41, 5.74) is 1.88. The van der Waals surface area contributed by atoms with Crippen molar-refractivity contribution in [1.82, 2.24) is 10.2 Å². The second-order valence-corrected chi connectivity index (χ2v) is 5.53. The van der Waals surface area contributed by atoms with Gasteiger partial charge >= 0.3 is 0 Å². The maximum Gasteiger partial charge on any atom is 0.251 e. The summed E-state index contributed by atoms with van der Waals surface area (Å²) in [7, 11) is 0. The molecule has 3 nitrogen and oxygen atoms in total. The van der Waals surface area contributed by atoms with E-state index in [2.05, 4.69) is 17.1 Å². The lowest BCUT2D eigenvalue weighted by Gasteiger charge is -2.32. The number of likely N-dealkylation sites (tertiary alicyclic amines) is 1. The molecular formula is C16H24N2O. The molecule has 2 rings (SSSR count). The molecule has 104 valence electrons. The van der Waals surface area contributed by atoms with Crippen LogP contribution in [-0.4, -0.2) is 36.5 Å². The third-order valence-electron chi connectivity index (χ3n) is 3.85. The van der Waals surface area contributed by atoms with E-state index in [4.69, 9.17) is 0 Å². The van der Waals surface area contributed by atoms with Crippen molar-refractivity contribution in [3.8, 4) is 0 Å². The van der Waals surface area contributed by atoms with E-state index in [0.29, 0.717) is 6.04 Å². The van der Waals surface area contributed by atoms with Gasteiger partial charge in [0.2, 0.25) is 0 Å². The number of hydrogen-bond donors (Lipinski definition) is 1. The van der Waals surface area contributed by atoms with Gasteiger partial charge in [0.25, 0.3) is 5.91 Å². The van der Waals surface area contributed by atoms with E-state index in [1.165, 1.54) is 32.4 Å². The topological polar surface area (TPSA) is 32.3 Å². The van der Waals surface area contributed by atoms with Crippen LogP contribution in [0.2, 0.25) is 0 Å². The van der Waals surface area contributed by atoms with Crippen LogP contribution in [0.25, 0.3) is 0 Å². The van der Waals surface area contributed by atoms with E-state index in [1.54, 1.807) is 0 Å². The molecule has 0 bridgehead atoms. The first-order valence-corrected chi connectivity index (χ1v) is 7.26. The molecule has 1 heterocycles. The summed E-state index contributed by atoms with van der Waals surface area (Å²) >= 11 is 0. The molecule has 1 amide bonds. The fourth-order valence-corrected chi connectivity index (χ4v) is 2.62. The quantitative estimate of drug-likeness (QED) is 0.902. The molecule has 0 radical (unpaired) electrons. The number of amides is 1. The van der Waals surface area contributed by atoms with Crippen LogP contribution in [-0.2, 0) is 0 Å². The zero-order valence-electron chi connectivity index (χ0n) is 12.0. The number of rotatable bonds is 4. The molecule has 1 aliphatic rings. The largest absolute Gasteiger partial charge is 0.350 e. The first-order chi connectivity index (χ1) is 9.16. The minimum atomic E-state index is 0.0348. The Hall–Kier alpha value is -1.35. The van der Waals surface area contributed by atoms with E-state index >= 15 is 0 Å². The highest BCUT2D eigenvalue weighted by Gasteiger charge is 2.17. The smallest absolute Gasteiger partial charge is 0.251 e. The molecule has 1 saturated heterocycles. The van der Waals surface area contributed by atoms with Crippen LogP contribution in [0.1, 0.15) is 42.1 Å². The van der Waals surface area contributed by atoms with E-state index in [1.807, 2.05) is 31.2 Å². The SMILES string of the molecule is Cc1cccc(C(=O)NCC(C)N2CCCCC2)c1. The second kappa shape index (κ2) is 6.71. The molecule has 3 heteroatoms. The summed E-state index contributed by atoms with van der Waals surface area (Å²) in [6, 6.07) is 8.16. The predicted octanol–water partition coefficient (Wildman–Crippen LogP) is 2.60. The average molecular weight is 260 g/mol. The van der Waals surface area contributed by atoms with E-state index < -0.39 is 0 Å². The summed E-state index contributed by atoms with van der Waals surface area (Å²) in [4.78, 5) is 14.5. The van der Waals surface area contributed by atoms with Gasteiger partial charge in [-0.25, -0.2) is 0 Å². The molecule has 1 fully saturated rings. The number of nitrogens with one attached hydrogen (secondary N) is 1. The Labute approximate surface area is 116 Å². The van der Waals surface area contributed by atoms with Crippen LogP contribution >= 0.6 is 0 Å². The highest BCUT2D eigenvalue weighted by molar-refractivity contribution is 5.94. The summed E-state index contributed by atoms with van der Waals surface area (Å²) in [6.45, 7) is 7.27. The standard InChI is InChI=1S/C16H24N2O/c1-13-7-6-8-15(11-13)16(19)17-12-14(2)18-9-4-3-5-10-18/h6-8,11,14H,3-5,9-10,12H2,1-2H3,(H,17,19). The fourth-order valence-electron chi connectivity index (χ4n) is 2.62. The predicted molar refractivity (Wildman–Crippen MR) is 78.4 cm³/mol. The van der Waals surface area contributed by atoms with Gasteiger partial charge in [0.05, 0.1) is 0 Å². The van der Waals surface area contributed by atoms with Gasteiger partial charge in [-0.05, 0) is 51.9 Å². The van der Waals surface area contributed by atoms with Crippen molar-refractivity contribution in [3.05, 3.63) is 35.4 Å². The summed E-state index contributed by atoms with van der Waals surface area (Å²) in [6.07, 6.45) is 3.92. The van der Waals surface area contributed by atoms with Crippen molar-refractivity contribution in [2.75, 3.05) is 19.6 Å². The highest BCUT2D eigenvalue weighted by Crippen LogP contribution is 2.11. The van der Waals surface area contributed by atoms with Crippen LogP contribution in [0.3, 0.4) is 0 Å². The molecule has 0 saturated carbocycles. The van der Waals surface area contributed by atoms with Gasteiger partial charge < -0.3 is 5.32 Å². The third kappa shape index (κ3) is 4.06. The van der Waals surface area contributed by atoms with Crippen molar-refractivity contribution >= 4 is 5.91 Å². The molecule has 1 unspecified atom stereocenters. The maximum atomic E-state index is 12.1. The molecule has 1 aromatic rings. The molecular weight excluding hydrogens is 236 g/mol. The Morgan fingerprint density at radius 2 is 2.05 bits per heavy atom. The molecule has 1 aromatic carbocycles. The van der Waals surface area contributed by atoms with Crippen molar-refractivity contribution in [1.29, 1.82) is 0 Å². The minimum Gasteiger partial charge on any atom is -0.350 e. The van der Waals surface area contributed by atoms with E-state index in [-0.39, 0.29) is 5.91 Å². The van der Waals surface area contributed by atoms with Gasteiger partial charge in [0.1, 0.15) is 0 Å². The number of benzene rings is 1. The molecule has 0 spiro atoms. The lowest BCUT2D eigenvalue weighted by molar-refractivity contribution is 0.0930. The number of nitrogens with zero attached hydrogens (tertiary/aromatic N) is 1. The van der Waals surface area contributed by atoms with Crippen LogP contribution in [0.15, 0.2) is 24.3 Å². The Bertz CT molecular complexity index is 425.